The van der Waals surface area contributed by atoms with Crippen molar-refractivity contribution in [2.75, 3.05) is 14.2 Å². The number of amides is 1. The number of benzene rings is 1. The summed E-state index contributed by atoms with van der Waals surface area (Å²) in [4.78, 5) is 14.2. The van der Waals surface area contributed by atoms with E-state index in [0.717, 1.165) is 18.6 Å². The highest BCUT2D eigenvalue weighted by Gasteiger charge is 2.27. The van der Waals surface area contributed by atoms with Gasteiger partial charge in [-0.2, -0.15) is 0 Å². The summed E-state index contributed by atoms with van der Waals surface area (Å²) in [5.74, 6) is 1.51. The zero-order valence-electron chi connectivity index (χ0n) is 12.5. The smallest absolute Gasteiger partial charge is 0.263 e. The van der Waals surface area contributed by atoms with Gasteiger partial charge in [-0.25, -0.2) is 0 Å². The predicted octanol–water partition coefficient (Wildman–Crippen LogP) is 2.86. The maximum absolute atomic E-state index is 12.3. The van der Waals surface area contributed by atoms with E-state index in [-0.39, 0.29) is 5.91 Å². The average Bonchev–Trinajstić information content (AvgIpc) is 3.00. The third kappa shape index (κ3) is 3.44. The third-order valence-corrected chi connectivity index (χ3v) is 3.94. The van der Waals surface area contributed by atoms with Crippen molar-refractivity contribution in [1.82, 2.24) is 4.90 Å². The van der Waals surface area contributed by atoms with Crippen LogP contribution in [0.2, 0.25) is 0 Å². The first-order chi connectivity index (χ1) is 9.61. The average molecular weight is 277 g/mol. The molecule has 1 unspecified atom stereocenters. The second kappa shape index (κ2) is 6.64. The van der Waals surface area contributed by atoms with Crippen LogP contribution in [-0.2, 0) is 4.79 Å². The summed E-state index contributed by atoms with van der Waals surface area (Å²) in [7, 11) is 3.50. The molecule has 1 amide bonds. The number of ether oxygens (including phenoxy) is 2. The Morgan fingerprint density at radius 3 is 2.30 bits per heavy atom. The number of methoxy groups -OCH3 is 1. The van der Waals surface area contributed by atoms with E-state index < -0.39 is 6.10 Å². The van der Waals surface area contributed by atoms with E-state index in [0.29, 0.717) is 11.8 Å². The second-order valence-corrected chi connectivity index (χ2v) is 5.32. The lowest BCUT2D eigenvalue weighted by molar-refractivity contribution is -0.138. The van der Waals surface area contributed by atoms with E-state index in [9.17, 15) is 4.79 Å². The highest BCUT2D eigenvalue weighted by Crippen LogP contribution is 2.24. The Hall–Kier alpha value is -1.71. The maximum atomic E-state index is 12.3. The highest BCUT2D eigenvalue weighted by molar-refractivity contribution is 5.81. The number of likely N-dealkylation sites (N-methyl/N-ethyl adjacent to an activating group) is 1. The fraction of sp³-hybridized carbons (Fsp3) is 0.562. The Labute approximate surface area is 120 Å². The largest absolute Gasteiger partial charge is 0.497 e. The van der Waals surface area contributed by atoms with E-state index in [2.05, 4.69) is 0 Å². The second-order valence-electron chi connectivity index (χ2n) is 5.32. The number of carbonyl (C=O) groups is 1. The Morgan fingerprint density at radius 1 is 1.20 bits per heavy atom. The molecule has 2 rings (SSSR count). The molecule has 0 spiro atoms. The lowest BCUT2D eigenvalue weighted by Gasteiger charge is -2.27. The van der Waals surface area contributed by atoms with Gasteiger partial charge in [0.05, 0.1) is 7.11 Å². The number of hydrogen-bond acceptors (Lipinski definition) is 3. The van der Waals surface area contributed by atoms with Gasteiger partial charge in [0, 0.05) is 13.1 Å². The molecule has 1 aromatic carbocycles. The van der Waals surface area contributed by atoms with Crippen molar-refractivity contribution in [3.05, 3.63) is 24.3 Å². The summed E-state index contributed by atoms with van der Waals surface area (Å²) in [5.41, 5.74) is 0. The molecule has 0 N–H and O–H groups in total. The molecule has 0 radical (unpaired) electrons. The number of nitrogens with zero attached hydrogens (tertiary/aromatic N) is 1. The van der Waals surface area contributed by atoms with Crippen molar-refractivity contribution in [2.24, 2.45) is 0 Å². The zero-order chi connectivity index (χ0) is 14.5. The van der Waals surface area contributed by atoms with Crippen LogP contribution in [0.3, 0.4) is 0 Å². The Morgan fingerprint density at radius 2 is 1.75 bits per heavy atom. The Bertz CT molecular complexity index is 438. The van der Waals surface area contributed by atoms with Crippen molar-refractivity contribution in [3.63, 3.8) is 0 Å². The topological polar surface area (TPSA) is 38.8 Å². The van der Waals surface area contributed by atoms with Crippen LogP contribution in [0, 0.1) is 0 Å². The molecule has 0 aromatic heterocycles. The summed E-state index contributed by atoms with van der Waals surface area (Å²) in [6.45, 7) is 1.80. The summed E-state index contributed by atoms with van der Waals surface area (Å²) in [6.07, 6.45) is 4.19. The van der Waals surface area contributed by atoms with Gasteiger partial charge in [0.1, 0.15) is 11.5 Å². The van der Waals surface area contributed by atoms with Gasteiger partial charge in [0.2, 0.25) is 0 Å². The van der Waals surface area contributed by atoms with Crippen LogP contribution >= 0.6 is 0 Å². The highest BCUT2D eigenvalue weighted by atomic mass is 16.5. The summed E-state index contributed by atoms with van der Waals surface area (Å²) >= 11 is 0. The third-order valence-electron chi connectivity index (χ3n) is 3.94. The molecule has 1 aliphatic rings. The van der Waals surface area contributed by atoms with Crippen LogP contribution in [0.5, 0.6) is 11.5 Å². The van der Waals surface area contributed by atoms with Crippen molar-refractivity contribution >= 4 is 5.91 Å². The van der Waals surface area contributed by atoms with E-state index >= 15 is 0 Å². The molecule has 0 heterocycles. The number of carbonyl (C=O) groups excluding carboxylic acids is 1. The van der Waals surface area contributed by atoms with Crippen molar-refractivity contribution in [3.8, 4) is 11.5 Å². The normalized spacial score (nSPS) is 16.8. The van der Waals surface area contributed by atoms with Gasteiger partial charge in [-0.3, -0.25) is 4.79 Å². The van der Waals surface area contributed by atoms with Gasteiger partial charge in [-0.1, -0.05) is 12.8 Å². The van der Waals surface area contributed by atoms with E-state index in [1.54, 1.807) is 14.0 Å². The molecule has 0 bridgehead atoms. The maximum Gasteiger partial charge on any atom is 0.263 e. The molecule has 0 saturated heterocycles. The van der Waals surface area contributed by atoms with Crippen LogP contribution in [0.15, 0.2) is 24.3 Å². The van der Waals surface area contributed by atoms with E-state index in [1.807, 2.05) is 36.2 Å². The quantitative estimate of drug-likeness (QED) is 0.830. The van der Waals surface area contributed by atoms with E-state index in [4.69, 9.17) is 9.47 Å². The van der Waals surface area contributed by atoms with Crippen LogP contribution in [0.1, 0.15) is 32.6 Å². The first kappa shape index (κ1) is 14.7. The fourth-order valence-electron chi connectivity index (χ4n) is 2.67. The van der Waals surface area contributed by atoms with Gasteiger partial charge in [0.15, 0.2) is 6.10 Å². The lowest BCUT2D eigenvalue weighted by Crippen LogP contribution is -2.42. The molecular formula is C16H23NO3. The van der Waals surface area contributed by atoms with Gasteiger partial charge in [-0.15, -0.1) is 0 Å². The molecule has 0 aliphatic heterocycles. The minimum atomic E-state index is -0.464. The van der Waals surface area contributed by atoms with Crippen LogP contribution < -0.4 is 9.47 Å². The van der Waals surface area contributed by atoms with Crippen molar-refractivity contribution in [2.45, 2.75) is 44.8 Å². The molecule has 20 heavy (non-hydrogen) atoms. The predicted molar refractivity (Wildman–Crippen MR) is 78.1 cm³/mol. The Balaban J connectivity index is 1.92. The zero-order valence-corrected chi connectivity index (χ0v) is 12.5. The van der Waals surface area contributed by atoms with Gasteiger partial charge in [-0.05, 0) is 44.0 Å². The van der Waals surface area contributed by atoms with E-state index in [1.165, 1.54) is 12.8 Å². The van der Waals surface area contributed by atoms with Gasteiger partial charge >= 0.3 is 0 Å². The Kier molecular flexibility index (Phi) is 4.88. The number of hydrogen-bond donors (Lipinski definition) is 0. The molecule has 1 aliphatic carbocycles. The molecular weight excluding hydrogens is 254 g/mol. The molecule has 110 valence electrons. The minimum Gasteiger partial charge on any atom is -0.497 e. The molecule has 4 heteroatoms. The first-order valence-electron chi connectivity index (χ1n) is 7.19. The van der Waals surface area contributed by atoms with Gasteiger partial charge in [0.25, 0.3) is 5.91 Å². The first-order valence-corrected chi connectivity index (χ1v) is 7.19. The minimum absolute atomic E-state index is 0.0488. The molecule has 4 nitrogen and oxygen atoms in total. The van der Waals surface area contributed by atoms with Gasteiger partial charge < -0.3 is 14.4 Å². The van der Waals surface area contributed by atoms with Crippen molar-refractivity contribution < 1.29 is 14.3 Å². The fourth-order valence-corrected chi connectivity index (χ4v) is 2.67. The SMILES string of the molecule is COc1ccc(OC(C)C(=O)N(C)C2CCCC2)cc1. The monoisotopic (exact) mass is 277 g/mol. The standard InChI is InChI=1S/C16H23NO3/c1-12(16(18)17(2)13-6-4-5-7-13)20-15-10-8-14(19-3)9-11-15/h8-13H,4-7H2,1-3H3. The number of rotatable bonds is 5. The lowest BCUT2D eigenvalue weighted by atomic mass is 10.2. The molecule has 1 aromatic rings. The van der Waals surface area contributed by atoms with Crippen LogP contribution in [0.4, 0.5) is 0 Å². The molecule has 1 atom stereocenters. The van der Waals surface area contributed by atoms with Crippen molar-refractivity contribution in [1.29, 1.82) is 0 Å². The van der Waals surface area contributed by atoms with Crippen LogP contribution in [-0.4, -0.2) is 37.1 Å². The molecule has 1 fully saturated rings. The summed E-state index contributed by atoms with van der Waals surface area (Å²) in [6, 6.07) is 7.67. The van der Waals surface area contributed by atoms with Crippen LogP contribution in [0.25, 0.3) is 0 Å². The summed E-state index contributed by atoms with van der Waals surface area (Å²) in [5, 5.41) is 0. The summed E-state index contributed by atoms with van der Waals surface area (Å²) < 4.78 is 10.8. The molecule has 1 saturated carbocycles.